The summed E-state index contributed by atoms with van der Waals surface area (Å²) in [7, 11) is 0. The van der Waals surface area contributed by atoms with Gasteiger partial charge in [-0.3, -0.25) is 0 Å². The van der Waals surface area contributed by atoms with Crippen molar-refractivity contribution in [2.75, 3.05) is 0 Å². The molecule has 0 radical (unpaired) electrons. The first kappa shape index (κ1) is 9.67. The molecule has 0 aliphatic rings. The SMILES string of the molecule is CC(C)/C(=C/F)C(C)(C)C. The summed E-state index contributed by atoms with van der Waals surface area (Å²) in [5, 5.41) is 0. The molecular weight excluding hydrogens is 127 g/mol. The van der Waals surface area contributed by atoms with Gasteiger partial charge in [0.1, 0.15) is 0 Å². The Labute approximate surface area is 63.1 Å². The monoisotopic (exact) mass is 144 g/mol. The molecule has 1 heteroatoms. The van der Waals surface area contributed by atoms with E-state index in [0.717, 1.165) is 11.9 Å². The Kier molecular flexibility index (Phi) is 3.07. The molecule has 60 valence electrons. The number of rotatable bonds is 1. The lowest BCUT2D eigenvalue weighted by molar-refractivity contribution is 0.433. The summed E-state index contributed by atoms with van der Waals surface area (Å²) in [5.74, 6) is 0.310. The summed E-state index contributed by atoms with van der Waals surface area (Å²) >= 11 is 0. The van der Waals surface area contributed by atoms with Crippen LogP contribution in [0.5, 0.6) is 0 Å². The second kappa shape index (κ2) is 3.18. The van der Waals surface area contributed by atoms with Gasteiger partial charge in [-0.2, -0.15) is 0 Å². The molecule has 0 aliphatic heterocycles. The van der Waals surface area contributed by atoms with Gasteiger partial charge in [0.25, 0.3) is 0 Å². The quantitative estimate of drug-likeness (QED) is 0.528. The maximum atomic E-state index is 12.2. The Morgan fingerprint density at radius 2 is 1.70 bits per heavy atom. The van der Waals surface area contributed by atoms with Gasteiger partial charge in [-0.1, -0.05) is 34.6 Å². The minimum Gasteiger partial charge on any atom is -0.216 e. The van der Waals surface area contributed by atoms with E-state index in [4.69, 9.17) is 0 Å². The third-order valence-corrected chi connectivity index (χ3v) is 1.61. The Morgan fingerprint density at radius 3 is 1.70 bits per heavy atom. The van der Waals surface area contributed by atoms with Crippen molar-refractivity contribution in [2.24, 2.45) is 11.3 Å². The van der Waals surface area contributed by atoms with Gasteiger partial charge < -0.3 is 0 Å². The van der Waals surface area contributed by atoms with Crippen molar-refractivity contribution >= 4 is 0 Å². The van der Waals surface area contributed by atoms with E-state index < -0.39 is 0 Å². The van der Waals surface area contributed by atoms with Gasteiger partial charge in [0.15, 0.2) is 0 Å². The molecule has 0 aliphatic carbocycles. The second-order valence-electron chi connectivity index (χ2n) is 3.97. The van der Waals surface area contributed by atoms with Crippen LogP contribution in [-0.2, 0) is 0 Å². The van der Waals surface area contributed by atoms with E-state index in [1.165, 1.54) is 0 Å². The number of hydrogen-bond acceptors (Lipinski definition) is 0. The van der Waals surface area contributed by atoms with E-state index in [1.807, 2.05) is 34.6 Å². The lowest BCUT2D eigenvalue weighted by Gasteiger charge is -2.24. The standard InChI is InChI=1S/C9H17F/c1-7(2)8(6-10)9(3,4)5/h6-7H,1-5H3/b8-6-. The maximum absolute atomic E-state index is 12.2. The van der Waals surface area contributed by atoms with Gasteiger partial charge >= 0.3 is 0 Å². The summed E-state index contributed by atoms with van der Waals surface area (Å²) in [6.07, 6.45) is 0.741. The topological polar surface area (TPSA) is 0 Å². The average Bonchev–Trinajstić information content (AvgIpc) is 1.60. The zero-order valence-corrected chi connectivity index (χ0v) is 7.53. The normalized spacial score (nSPS) is 14.5. The molecule has 0 heterocycles. The molecule has 0 spiro atoms. The van der Waals surface area contributed by atoms with Crippen LogP contribution in [0.1, 0.15) is 34.6 Å². The molecule has 0 aromatic heterocycles. The largest absolute Gasteiger partial charge is 0.216 e. The molecule has 0 saturated heterocycles. The number of allylic oxidation sites excluding steroid dienone is 1. The van der Waals surface area contributed by atoms with E-state index in [9.17, 15) is 4.39 Å². The van der Waals surface area contributed by atoms with E-state index in [0.29, 0.717) is 5.92 Å². The van der Waals surface area contributed by atoms with Crippen LogP contribution in [0, 0.1) is 11.3 Å². The minimum atomic E-state index is -0.0249. The second-order valence-corrected chi connectivity index (χ2v) is 3.97. The van der Waals surface area contributed by atoms with Gasteiger partial charge in [0.05, 0.1) is 6.33 Å². The fourth-order valence-electron chi connectivity index (χ4n) is 1.16. The van der Waals surface area contributed by atoms with Crippen LogP contribution >= 0.6 is 0 Å². The highest BCUT2D eigenvalue weighted by molar-refractivity contribution is 5.09. The number of hydrogen-bond donors (Lipinski definition) is 0. The highest BCUT2D eigenvalue weighted by atomic mass is 19.1. The van der Waals surface area contributed by atoms with Crippen LogP contribution < -0.4 is 0 Å². The van der Waals surface area contributed by atoms with Crippen LogP contribution in [0.25, 0.3) is 0 Å². The predicted octanol–water partition coefficient (Wildman–Crippen LogP) is 3.54. The summed E-state index contributed by atoms with van der Waals surface area (Å²) in [5.41, 5.74) is 0.857. The molecular formula is C9H17F. The fraction of sp³-hybridized carbons (Fsp3) is 0.778. The van der Waals surface area contributed by atoms with Crippen molar-refractivity contribution in [1.29, 1.82) is 0 Å². The first-order valence-electron chi connectivity index (χ1n) is 3.70. The molecule has 0 N–H and O–H groups in total. The summed E-state index contributed by atoms with van der Waals surface area (Å²) in [6, 6.07) is 0. The van der Waals surface area contributed by atoms with E-state index >= 15 is 0 Å². The van der Waals surface area contributed by atoms with Crippen LogP contribution in [0.3, 0.4) is 0 Å². The van der Waals surface area contributed by atoms with Crippen molar-refractivity contribution in [3.63, 3.8) is 0 Å². The number of halogens is 1. The van der Waals surface area contributed by atoms with Gasteiger partial charge in [-0.25, -0.2) is 4.39 Å². The third-order valence-electron chi connectivity index (χ3n) is 1.61. The van der Waals surface area contributed by atoms with Crippen LogP contribution in [0.2, 0.25) is 0 Å². The van der Waals surface area contributed by atoms with Gasteiger partial charge in [-0.15, -0.1) is 0 Å². The molecule has 0 rings (SSSR count). The molecule has 0 saturated carbocycles. The minimum absolute atomic E-state index is 0.0249. The lowest BCUT2D eigenvalue weighted by atomic mass is 9.81. The Hall–Kier alpha value is -0.330. The maximum Gasteiger partial charge on any atom is 0.0866 e. The zero-order chi connectivity index (χ0) is 8.36. The van der Waals surface area contributed by atoms with Crippen LogP contribution in [0.15, 0.2) is 11.9 Å². The first-order chi connectivity index (χ1) is 4.39. The summed E-state index contributed by atoms with van der Waals surface area (Å²) in [6.45, 7) is 10.1. The Bertz CT molecular complexity index is 126. The first-order valence-corrected chi connectivity index (χ1v) is 3.70. The van der Waals surface area contributed by atoms with Crippen molar-refractivity contribution < 1.29 is 4.39 Å². The third kappa shape index (κ3) is 2.51. The predicted molar refractivity (Wildman–Crippen MR) is 43.5 cm³/mol. The molecule has 0 aromatic rings. The van der Waals surface area contributed by atoms with Gasteiger partial charge in [-0.05, 0) is 16.9 Å². The highest BCUT2D eigenvalue weighted by Crippen LogP contribution is 2.30. The smallest absolute Gasteiger partial charge is 0.0866 e. The summed E-state index contributed by atoms with van der Waals surface area (Å²) in [4.78, 5) is 0. The molecule has 0 unspecified atom stereocenters. The molecule has 0 bridgehead atoms. The lowest BCUT2D eigenvalue weighted by Crippen LogP contribution is -2.13. The van der Waals surface area contributed by atoms with Crippen LogP contribution in [-0.4, -0.2) is 0 Å². The van der Waals surface area contributed by atoms with Gasteiger partial charge in [0, 0.05) is 0 Å². The Morgan fingerprint density at radius 1 is 1.30 bits per heavy atom. The Balaban J connectivity index is 4.40. The van der Waals surface area contributed by atoms with Crippen molar-refractivity contribution in [3.8, 4) is 0 Å². The fourth-order valence-corrected chi connectivity index (χ4v) is 1.16. The molecule has 10 heavy (non-hydrogen) atoms. The molecule has 0 atom stereocenters. The average molecular weight is 144 g/mol. The van der Waals surface area contributed by atoms with E-state index in [1.54, 1.807) is 0 Å². The zero-order valence-electron chi connectivity index (χ0n) is 7.53. The van der Waals surface area contributed by atoms with Crippen LogP contribution in [0.4, 0.5) is 4.39 Å². The molecule has 0 nitrogen and oxygen atoms in total. The summed E-state index contributed by atoms with van der Waals surface area (Å²) < 4.78 is 12.2. The molecule has 0 aromatic carbocycles. The van der Waals surface area contributed by atoms with Gasteiger partial charge in [0.2, 0.25) is 0 Å². The van der Waals surface area contributed by atoms with Crippen molar-refractivity contribution in [1.82, 2.24) is 0 Å². The van der Waals surface area contributed by atoms with Crippen molar-refractivity contribution in [3.05, 3.63) is 11.9 Å². The molecule has 0 amide bonds. The highest BCUT2D eigenvalue weighted by Gasteiger charge is 2.19. The van der Waals surface area contributed by atoms with E-state index in [2.05, 4.69) is 0 Å². The molecule has 0 fully saturated rings. The van der Waals surface area contributed by atoms with Crippen molar-refractivity contribution in [2.45, 2.75) is 34.6 Å². The van der Waals surface area contributed by atoms with E-state index in [-0.39, 0.29) is 5.41 Å².